The molecule has 0 spiro atoms. The second kappa shape index (κ2) is 4.58. The topological polar surface area (TPSA) is 38.7 Å². The molecule has 3 unspecified atom stereocenters. The highest BCUT2D eigenvalue weighted by atomic mass is 16.7. The summed E-state index contributed by atoms with van der Waals surface area (Å²) in [6.45, 7) is 6.57. The molecule has 3 heteroatoms. The Kier molecular flexibility index (Phi) is 3.70. The largest absolute Gasteiger partial charge is 0.360 e. The van der Waals surface area contributed by atoms with Gasteiger partial charge in [-0.3, -0.25) is 0 Å². The van der Waals surface area contributed by atoms with Crippen LogP contribution < -0.4 is 0 Å². The molecule has 1 fully saturated rings. The molecule has 0 N–H and O–H groups in total. The lowest BCUT2D eigenvalue weighted by Gasteiger charge is -2.34. The van der Waals surface area contributed by atoms with Gasteiger partial charge in [0.1, 0.15) is 6.10 Å². The summed E-state index contributed by atoms with van der Waals surface area (Å²) in [4.78, 5) is 15.0. The normalized spacial score (nSPS) is 34.6. The third-order valence-corrected chi connectivity index (χ3v) is 3.14. The fourth-order valence-electron chi connectivity index (χ4n) is 2.29. The van der Waals surface area contributed by atoms with Crippen LogP contribution in [0.25, 0.3) is 0 Å². The Morgan fingerprint density at radius 3 is 2.62 bits per heavy atom. The van der Waals surface area contributed by atoms with Gasteiger partial charge in [0.15, 0.2) is 5.34 Å². The van der Waals surface area contributed by atoms with Crippen molar-refractivity contribution in [2.45, 2.75) is 46.1 Å². The minimum atomic E-state index is 0.0567. The summed E-state index contributed by atoms with van der Waals surface area (Å²) in [7, 11) is 0. The first kappa shape index (κ1) is 10.5. The molecule has 76 valence electrons. The fraction of sp³-hybridized carbons (Fsp3) is 1.00. The second-order valence-electron chi connectivity index (χ2n) is 4.54. The molecule has 1 rings (SSSR count). The molecule has 0 heterocycles. The standard InChI is InChI=1S/C10H19NO2/c1-7(2)9-5-4-8(3)6-10(9)13-11-12/h7-10H,4-6H2,1-3H3. The average Bonchev–Trinajstić information content (AvgIpc) is 2.04. The number of hydrogen-bond acceptors (Lipinski definition) is 3. The highest BCUT2D eigenvalue weighted by molar-refractivity contribution is 4.80. The van der Waals surface area contributed by atoms with Gasteiger partial charge in [-0.1, -0.05) is 27.2 Å². The van der Waals surface area contributed by atoms with Crippen LogP contribution in [0.1, 0.15) is 40.0 Å². The van der Waals surface area contributed by atoms with E-state index in [2.05, 4.69) is 26.1 Å². The Morgan fingerprint density at radius 1 is 1.38 bits per heavy atom. The van der Waals surface area contributed by atoms with E-state index in [1.165, 1.54) is 12.8 Å². The van der Waals surface area contributed by atoms with Gasteiger partial charge in [0.25, 0.3) is 0 Å². The molecule has 3 atom stereocenters. The summed E-state index contributed by atoms with van der Waals surface area (Å²) in [5.41, 5.74) is 0. The van der Waals surface area contributed by atoms with Crippen molar-refractivity contribution in [1.82, 2.24) is 0 Å². The van der Waals surface area contributed by atoms with Crippen LogP contribution in [-0.4, -0.2) is 6.10 Å². The summed E-state index contributed by atoms with van der Waals surface area (Å²) in [6.07, 6.45) is 3.45. The molecular formula is C10H19NO2. The first-order valence-electron chi connectivity index (χ1n) is 5.13. The monoisotopic (exact) mass is 185 g/mol. The van der Waals surface area contributed by atoms with Gasteiger partial charge in [-0.25, -0.2) is 0 Å². The minimum absolute atomic E-state index is 0.0567. The van der Waals surface area contributed by atoms with Crippen LogP contribution in [0.5, 0.6) is 0 Å². The number of nitrogens with zero attached hydrogens (tertiary/aromatic N) is 1. The quantitative estimate of drug-likeness (QED) is 0.500. The zero-order chi connectivity index (χ0) is 9.84. The molecular weight excluding hydrogens is 166 g/mol. The van der Waals surface area contributed by atoms with Crippen molar-refractivity contribution in [1.29, 1.82) is 0 Å². The summed E-state index contributed by atoms with van der Waals surface area (Å²) in [5, 5.41) is 2.58. The molecule has 0 aliphatic heterocycles. The average molecular weight is 185 g/mol. The van der Waals surface area contributed by atoms with Crippen LogP contribution in [0.3, 0.4) is 0 Å². The summed E-state index contributed by atoms with van der Waals surface area (Å²) >= 11 is 0. The predicted octanol–water partition coefficient (Wildman–Crippen LogP) is 3.15. The minimum Gasteiger partial charge on any atom is -0.360 e. The SMILES string of the molecule is CC1CCC(C(C)C)C(ON=O)C1. The van der Waals surface area contributed by atoms with Gasteiger partial charge in [0.2, 0.25) is 0 Å². The van der Waals surface area contributed by atoms with E-state index in [-0.39, 0.29) is 6.10 Å². The second-order valence-corrected chi connectivity index (χ2v) is 4.54. The smallest absolute Gasteiger partial charge is 0.155 e. The van der Waals surface area contributed by atoms with E-state index < -0.39 is 0 Å². The maximum atomic E-state index is 10.1. The van der Waals surface area contributed by atoms with Crippen LogP contribution in [0.2, 0.25) is 0 Å². The van der Waals surface area contributed by atoms with E-state index in [1.54, 1.807) is 0 Å². The van der Waals surface area contributed by atoms with E-state index in [0.717, 1.165) is 6.42 Å². The number of rotatable bonds is 3. The lowest BCUT2D eigenvalue weighted by molar-refractivity contribution is -0.0384. The lowest BCUT2D eigenvalue weighted by atomic mass is 9.75. The Labute approximate surface area is 79.8 Å². The molecule has 3 nitrogen and oxygen atoms in total. The third kappa shape index (κ3) is 2.68. The van der Waals surface area contributed by atoms with E-state index in [1.807, 2.05) is 0 Å². The van der Waals surface area contributed by atoms with E-state index in [9.17, 15) is 4.91 Å². The Bertz CT molecular complexity index is 170. The molecule has 0 saturated heterocycles. The molecule has 0 bridgehead atoms. The van der Waals surface area contributed by atoms with Crippen molar-refractivity contribution in [2.75, 3.05) is 0 Å². The maximum Gasteiger partial charge on any atom is 0.155 e. The first-order chi connectivity index (χ1) is 6.15. The molecule has 0 amide bonds. The molecule has 1 aliphatic carbocycles. The Balaban J connectivity index is 2.54. The van der Waals surface area contributed by atoms with Gasteiger partial charge in [-0.15, -0.1) is 4.91 Å². The van der Waals surface area contributed by atoms with Gasteiger partial charge in [0, 0.05) is 5.92 Å². The molecule has 1 aliphatic rings. The zero-order valence-electron chi connectivity index (χ0n) is 8.69. The van der Waals surface area contributed by atoms with Gasteiger partial charge < -0.3 is 4.84 Å². The van der Waals surface area contributed by atoms with Crippen molar-refractivity contribution >= 4 is 0 Å². The van der Waals surface area contributed by atoms with Crippen molar-refractivity contribution in [3.63, 3.8) is 0 Å². The van der Waals surface area contributed by atoms with E-state index in [4.69, 9.17) is 4.84 Å². The third-order valence-electron chi connectivity index (χ3n) is 3.14. The van der Waals surface area contributed by atoms with Crippen LogP contribution in [0.15, 0.2) is 5.34 Å². The molecule has 13 heavy (non-hydrogen) atoms. The molecule has 0 aromatic heterocycles. The lowest BCUT2D eigenvalue weighted by Crippen LogP contribution is -2.33. The van der Waals surface area contributed by atoms with Crippen molar-refractivity contribution in [2.24, 2.45) is 23.1 Å². The van der Waals surface area contributed by atoms with Gasteiger partial charge in [-0.2, -0.15) is 0 Å². The zero-order valence-corrected chi connectivity index (χ0v) is 8.69. The van der Waals surface area contributed by atoms with Crippen LogP contribution in [0, 0.1) is 22.7 Å². The highest BCUT2D eigenvalue weighted by Gasteiger charge is 2.32. The van der Waals surface area contributed by atoms with E-state index in [0.29, 0.717) is 17.8 Å². The molecule has 1 saturated carbocycles. The molecule has 0 aromatic carbocycles. The van der Waals surface area contributed by atoms with Crippen LogP contribution in [0.4, 0.5) is 0 Å². The van der Waals surface area contributed by atoms with Crippen molar-refractivity contribution < 1.29 is 4.84 Å². The summed E-state index contributed by atoms with van der Waals surface area (Å²) in [6, 6.07) is 0. The summed E-state index contributed by atoms with van der Waals surface area (Å²) < 4.78 is 0. The first-order valence-corrected chi connectivity index (χ1v) is 5.13. The van der Waals surface area contributed by atoms with Gasteiger partial charge in [0.05, 0.1) is 0 Å². The Hall–Kier alpha value is -0.600. The van der Waals surface area contributed by atoms with E-state index >= 15 is 0 Å². The summed E-state index contributed by atoms with van der Waals surface area (Å²) in [5.74, 6) is 1.76. The molecule has 0 aromatic rings. The highest BCUT2D eigenvalue weighted by Crippen LogP contribution is 2.35. The number of hydrogen-bond donors (Lipinski definition) is 0. The van der Waals surface area contributed by atoms with Gasteiger partial charge in [-0.05, 0) is 24.7 Å². The van der Waals surface area contributed by atoms with Crippen LogP contribution >= 0.6 is 0 Å². The van der Waals surface area contributed by atoms with Crippen molar-refractivity contribution in [3.8, 4) is 0 Å². The molecule has 0 radical (unpaired) electrons. The van der Waals surface area contributed by atoms with Gasteiger partial charge >= 0.3 is 0 Å². The maximum absolute atomic E-state index is 10.1. The fourth-order valence-corrected chi connectivity index (χ4v) is 2.29. The predicted molar refractivity (Wildman–Crippen MR) is 52.0 cm³/mol. The Morgan fingerprint density at radius 2 is 2.08 bits per heavy atom. The van der Waals surface area contributed by atoms with Crippen LogP contribution in [-0.2, 0) is 4.84 Å². The van der Waals surface area contributed by atoms with Crippen molar-refractivity contribution in [3.05, 3.63) is 4.91 Å².